The second-order valence-corrected chi connectivity index (χ2v) is 5.30. The van der Waals surface area contributed by atoms with E-state index in [1.807, 2.05) is 25.1 Å². The lowest BCUT2D eigenvalue weighted by molar-refractivity contribution is 0.506. The molecule has 1 N–H and O–H groups in total. The van der Waals surface area contributed by atoms with E-state index in [0.717, 1.165) is 18.5 Å². The highest BCUT2D eigenvalue weighted by Gasteiger charge is 2.10. The fraction of sp³-hybridized carbons (Fsp3) is 0.333. The number of halogens is 1. The van der Waals surface area contributed by atoms with E-state index in [1.165, 1.54) is 11.6 Å². The SMILES string of the molecule is CC(CCN[C@H](C)c1ccccc1F)c1ccccc1. The number of rotatable bonds is 6. The first-order valence-electron chi connectivity index (χ1n) is 7.21. The van der Waals surface area contributed by atoms with Crippen molar-refractivity contribution in [2.45, 2.75) is 32.2 Å². The summed E-state index contributed by atoms with van der Waals surface area (Å²) in [4.78, 5) is 0. The summed E-state index contributed by atoms with van der Waals surface area (Å²) in [6, 6.07) is 17.5. The molecule has 0 spiro atoms. The largest absolute Gasteiger partial charge is 0.310 e. The summed E-state index contributed by atoms with van der Waals surface area (Å²) in [5, 5.41) is 3.40. The Labute approximate surface area is 120 Å². The molecular weight excluding hydrogens is 249 g/mol. The molecular formula is C18H22FN. The van der Waals surface area contributed by atoms with Crippen LogP contribution in [-0.2, 0) is 0 Å². The topological polar surface area (TPSA) is 12.0 Å². The molecule has 0 amide bonds. The van der Waals surface area contributed by atoms with Gasteiger partial charge in [0.05, 0.1) is 0 Å². The van der Waals surface area contributed by atoms with Crippen molar-refractivity contribution in [1.82, 2.24) is 5.32 Å². The van der Waals surface area contributed by atoms with Gasteiger partial charge in [0.25, 0.3) is 0 Å². The first kappa shape index (κ1) is 14.7. The lowest BCUT2D eigenvalue weighted by Gasteiger charge is -2.17. The minimum atomic E-state index is -0.136. The fourth-order valence-electron chi connectivity index (χ4n) is 2.40. The first-order valence-corrected chi connectivity index (χ1v) is 7.21. The van der Waals surface area contributed by atoms with Gasteiger partial charge in [-0.15, -0.1) is 0 Å². The molecule has 2 heteroatoms. The van der Waals surface area contributed by atoms with Crippen LogP contribution < -0.4 is 5.32 Å². The molecule has 1 unspecified atom stereocenters. The van der Waals surface area contributed by atoms with Crippen molar-refractivity contribution in [2.24, 2.45) is 0 Å². The van der Waals surface area contributed by atoms with Gasteiger partial charge in [-0.2, -0.15) is 0 Å². The van der Waals surface area contributed by atoms with Crippen LogP contribution in [0.15, 0.2) is 54.6 Å². The third-order valence-corrected chi connectivity index (χ3v) is 3.77. The third-order valence-electron chi connectivity index (χ3n) is 3.77. The Morgan fingerprint density at radius 3 is 2.30 bits per heavy atom. The van der Waals surface area contributed by atoms with Gasteiger partial charge in [-0.1, -0.05) is 55.5 Å². The monoisotopic (exact) mass is 271 g/mol. The van der Waals surface area contributed by atoms with Gasteiger partial charge in [-0.05, 0) is 37.4 Å². The van der Waals surface area contributed by atoms with Gasteiger partial charge in [-0.25, -0.2) is 4.39 Å². The van der Waals surface area contributed by atoms with E-state index in [-0.39, 0.29) is 11.9 Å². The molecule has 2 atom stereocenters. The van der Waals surface area contributed by atoms with Crippen LogP contribution in [0.1, 0.15) is 43.4 Å². The third kappa shape index (κ3) is 3.91. The van der Waals surface area contributed by atoms with Crippen LogP contribution in [-0.4, -0.2) is 6.54 Å². The predicted molar refractivity (Wildman–Crippen MR) is 82.3 cm³/mol. The summed E-state index contributed by atoms with van der Waals surface area (Å²) < 4.78 is 13.7. The van der Waals surface area contributed by atoms with Crippen LogP contribution in [0.4, 0.5) is 4.39 Å². The van der Waals surface area contributed by atoms with Gasteiger partial charge >= 0.3 is 0 Å². The Balaban J connectivity index is 1.83. The molecule has 1 nitrogen and oxygen atoms in total. The minimum absolute atomic E-state index is 0.0409. The highest BCUT2D eigenvalue weighted by molar-refractivity contribution is 5.21. The van der Waals surface area contributed by atoms with Crippen LogP contribution in [0.25, 0.3) is 0 Å². The van der Waals surface area contributed by atoms with Crippen LogP contribution in [0, 0.1) is 5.82 Å². The number of benzene rings is 2. The second kappa shape index (κ2) is 7.20. The highest BCUT2D eigenvalue weighted by Crippen LogP contribution is 2.19. The van der Waals surface area contributed by atoms with E-state index in [2.05, 4.69) is 36.5 Å². The Kier molecular flexibility index (Phi) is 5.31. The summed E-state index contributed by atoms with van der Waals surface area (Å²) in [6.45, 7) is 5.11. The Bertz CT molecular complexity index is 524. The number of hydrogen-bond donors (Lipinski definition) is 1. The average Bonchev–Trinajstić information content (AvgIpc) is 2.48. The van der Waals surface area contributed by atoms with Crippen molar-refractivity contribution in [1.29, 1.82) is 0 Å². The average molecular weight is 271 g/mol. The van der Waals surface area contributed by atoms with Crippen molar-refractivity contribution >= 4 is 0 Å². The molecule has 0 aliphatic heterocycles. The minimum Gasteiger partial charge on any atom is -0.310 e. The van der Waals surface area contributed by atoms with E-state index in [1.54, 1.807) is 6.07 Å². The van der Waals surface area contributed by atoms with Crippen LogP contribution in [0.3, 0.4) is 0 Å². The lowest BCUT2D eigenvalue weighted by atomic mass is 9.97. The van der Waals surface area contributed by atoms with Crippen LogP contribution >= 0.6 is 0 Å². The maximum Gasteiger partial charge on any atom is 0.127 e. The smallest absolute Gasteiger partial charge is 0.127 e. The van der Waals surface area contributed by atoms with Gasteiger partial charge in [0, 0.05) is 11.6 Å². The Morgan fingerprint density at radius 2 is 1.60 bits per heavy atom. The standard InChI is InChI=1S/C18H22FN/c1-14(16-8-4-3-5-9-16)12-13-20-15(2)17-10-6-7-11-18(17)19/h3-11,14-15,20H,12-13H2,1-2H3/t14?,15-/m1/s1. The maximum absolute atomic E-state index is 13.7. The maximum atomic E-state index is 13.7. The zero-order valence-electron chi connectivity index (χ0n) is 12.1. The Morgan fingerprint density at radius 1 is 0.950 bits per heavy atom. The second-order valence-electron chi connectivity index (χ2n) is 5.30. The van der Waals surface area contributed by atoms with Crippen molar-refractivity contribution in [3.63, 3.8) is 0 Å². The quantitative estimate of drug-likeness (QED) is 0.805. The molecule has 106 valence electrons. The van der Waals surface area contributed by atoms with Crippen LogP contribution in [0.2, 0.25) is 0 Å². The molecule has 2 aromatic carbocycles. The van der Waals surface area contributed by atoms with E-state index in [0.29, 0.717) is 5.92 Å². The van der Waals surface area contributed by atoms with E-state index in [4.69, 9.17) is 0 Å². The van der Waals surface area contributed by atoms with Gasteiger partial charge < -0.3 is 5.32 Å². The van der Waals surface area contributed by atoms with Crippen molar-refractivity contribution in [3.8, 4) is 0 Å². The molecule has 0 aliphatic rings. The van der Waals surface area contributed by atoms with Crippen molar-refractivity contribution in [3.05, 3.63) is 71.5 Å². The van der Waals surface area contributed by atoms with Gasteiger partial charge in [-0.3, -0.25) is 0 Å². The Hall–Kier alpha value is -1.67. The summed E-state index contributed by atoms with van der Waals surface area (Å²) >= 11 is 0. The summed E-state index contributed by atoms with van der Waals surface area (Å²) in [5.74, 6) is 0.375. The normalized spacial score (nSPS) is 13.9. The molecule has 0 saturated heterocycles. The molecule has 0 saturated carbocycles. The molecule has 20 heavy (non-hydrogen) atoms. The van der Waals surface area contributed by atoms with E-state index < -0.39 is 0 Å². The molecule has 0 aliphatic carbocycles. The number of hydrogen-bond acceptors (Lipinski definition) is 1. The molecule has 0 bridgehead atoms. The molecule has 0 heterocycles. The van der Waals surface area contributed by atoms with Gasteiger partial charge in [0.1, 0.15) is 5.82 Å². The summed E-state index contributed by atoms with van der Waals surface area (Å²) in [6.07, 6.45) is 1.04. The highest BCUT2D eigenvalue weighted by atomic mass is 19.1. The zero-order chi connectivity index (χ0) is 14.4. The van der Waals surface area contributed by atoms with Crippen molar-refractivity contribution < 1.29 is 4.39 Å². The molecule has 2 aromatic rings. The molecule has 0 aromatic heterocycles. The van der Waals surface area contributed by atoms with Crippen LogP contribution in [0.5, 0.6) is 0 Å². The predicted octanol–water partition coefficient (Wildman–Crippen LogP) is 4.67. The number of nitrogens with one attached hydrogen (secondary N) is 1. The summed E-state index contributed by atoms with van der Waals surface area (Å²) in [7, 11) is 0. The lowest BCUT2D eigenvalue weighted by Crippen LogP contribution is -2.21. The van der Waals surface area contributed by atoms with Gasteiger partial charge in [0.15, 0.2) is 0 Å². The van der Waals surface area contributed by atoms with Gasteiger partial charge in [0.2, 0.25) is 0 Å². The van der Waals surface area contributed by atoms with Crippen molar-refractivity contribution in [2.75, 3.05) is 6.54 Å². The van der Waals surface area contributed by atoms with E-state index in [9.17, 15) is 4.39 Å². The zero-order valence-corrected chi connectivity index (χ0v) is 12.1. The first-order chi connectivity index (χ1) is 9.68. The molecule has 2 rings (SSSR count). The van der Waals surface area contributed by atoms with E-state index >= 15 is 0 Å². The molecule has 0 fully saturated rings. The molecule has 0 radical (unpaired) electrons. The summed E-state index contributed by atoms with van der Waals surface area (Å²) in [5.41, 5.74) is 2.09. The fourth-order valence-corrected chi connectivity index (χ4v) is 2.40.